The molecule has 0 radical (unpaired) electrons. The molecule has 1 fully saturated rings. The van der Waals surface area contributed by atoms with Crippen LogP contribution in [-0.4, -0.2) is 39.8 Å². The van der Waals surface area contributed by atoms with Gasteiger partial charge in [-0.1, -0.05) is 31.2 Å². The number of hydrogen-bond acceptors (Lipinski definition) is 6. The number of pyridine rings is 1. The van der Waals surface area contributed by atoms with E-state index < -0.39 is 16.6 Å². The van der Waals surface area contributed by atoms with Gasteiger partial charge in [0, 0.05) is 23.3 Å². The number of fused-ring (bicyclic) bond motifs is 1. The molecule has 0 N–H and O–H groups in total. The molecule has 1 aliphatic heterocycles. The Morgan fingerprint density at radius 3 is 2.73 bits per heavy atom. The fourth-order valence-corrected chi connectivity index (χ4v) is 4.30. The molecule has 0 saturated carbocycles. The maximum absolute atomic E-state index is 12.8. The molecule has 4 rings (SSSR count). The van der Waals surface area contributed by atoms with E-state index in [2.05, 4.69) is 15.0 Å². The molecule has 7 nitrogen and oxygen atoms in total. The molecule has 3 aromatic rings. The molecule has 0 spiro atoms. The minimum absolute atomic E-state index is 0. The zero-order valence-electron chi connectivity index (χ0n) is 17.6. The Bertz CT molecular complexity index is 987. The van der Waals surface area contributed by atoms with Gasteiger partial charge in [-0.05, 0) is 30.4 Å². The molecule has 1 aliphatic rings. The Balaban J connectivity index is 0.00000256. The van der Waals surface area contributed by atoms with Crippen LogP contribution in [0.4, 0.5) is 0 Å². The van der Waals surface area contributed by atoms with Crippen LogP contribution in [0.1, 0.15) is 31.0 Å². The average molecular weight is 437 g/mol. The third kappa shape index (κ3) is 5.12. The Morgan fingerprint density at radius 1 is 1.23 bits per heavy atom. The van der Waals surface area contributed by atoms with Gasteiger partial charge in [-0.25, -0.2) is 0 Å². The first-order valence-electron chi connectivity index (χ1n) is 9.73. The maximum Gasteiger partial charge on any atom is 1.00 e. The van der Waals surface area contributed by atoms with E-state index in [-0.39, 0.29) is 35.3 Å². The molecule has 2 aromatic heterocycles. The second-order valence-corrected chi connectivity index (χ2v) is 8.31. The fourth-order valence-electron chi connectivity index (χ4n) is 3.23. The summed E-state index contributed by atoms with van der Waals surface area (Å²) in [5.41, 5.74) is 3.04. The summed E-state index contributed by atoms with van der Waals surface area (Å²) in [5, 5.41) is 0.327. The normalized spacial score (nSPS) is 16.7. The first kappa shape index (κ1) is 23.4. The van der Waals surface area contributed by atoms with Gasteiger partial charge < -0.3 is 24.2 Å². The zero-order valence-corrected chi connectivity index (χ0v) is 20.4. The fraction of sp³-hybridized carbons (Fsp3) is 0.429. The first-order chi connectivity index (χ1) is 14.1. The van der Waals surface area contributed by atoms with E-state index in [1.807, 2.05) is 38.1 Å². The number of nitrogens with zero attached hydrogens (tertiary/aromatic N) is 3. The third-order valence-electron chi connectivity index (χ3n) is 5.05. The van der Waals surface area contributed by atoms with Gasteiger partial charge >= 0.3 is 29.6 Å². The van der Waals surface area contributed by atoms with Crippen LogP contribution in [0, 0.1) is 6.92 Å². The van der Waals surface area contributed by atoms with Gasteiger partial charge in [0.1, 0.15) is 12.4 Å². The van der Waals surface area contributed by atoms with Crippen molar-refractivity contribution in [3.63, 3.8) is 0 Å². The van der Waals surface area contributed by atoms with Gasteiger partial charge in [-0.15, -0.1) is 0 Å². The van der Waals surface area contributed by atoms with E-state index in [9.17, 15) is 4.21 Å². The van der Waals surface area contributed by atoms with Gasteiger partial charge in [-0.2, -0.15) is 0 Å². The van der Waals surface area contributed by atoms with Crippen molar-refractivity contribution in [3.05, 3.63) is 47.8 Å². The van der Waals surface area contributed by atoms with Crippen molar-refractivity contribution >= 4 is 21.8 Å². The van der Waals surface area contributed by atoms with E-state index in [0.29, 0.717) is 42.8 Å². The minimum atomic E-state index is -1.39. The Morgan fingerprint density at radius 2 is 2.00 bits per heavy atom. The Kier molecular flexibility index (Phi) is 8.06. The Hall–Kier alpha value is -1.29. The van der Waals surface area contributed by atoms with Crippen molar-refractivity contribution in [1.82, 2.24) is 15.0 Å². The van der Waals surface area contributed by atoms with Crippen LogP contribution in [-0.2, 0) is 26.0 Å². The van der Waals surface area contributed by atoms with E-state index >= 15 is 0 Å². The summed E-state index contributed by atoms with van der Waals surface area (Å²) in [6.07, 6.45) is 3.26. The first-order valence-corrected chi connectivity index (χ1v) is 11.1. The standard InChI is InChI=1S/C21H24N3O4S.Na/c1-3-21(27-11-6-12-28-21)14-26-19-9-10-22-18(15(19)2)13-29(25)20-23-16-7-4-5-8-17(16)24-20;/h4-5,7-10H,3,6,11-14H2,1-2H3;/q-1;+1. The van der Waals surface area contributed by atoms with Crippen LogP contribution in [0.5, 0.6) is 5.75 Å². The SMILES string of the molecule is CCC1(COc2ccnc(CS(=O)c3nc4ccccc4[n-]3)c2C)OCCCO1.[Na+]. The summed E-state index contributed by atoms with van der Waals surface area (Å²) in [7, 11) is -1.39. The molecule has 0 aliphatic carbocycles. The summed E-state index contributed by atoms with van der Waals surface area (Å²) < 4.78 is 30.5. The van der Waals surface area contributed by atoms with Crippen molar-refractivity contribution in [3.8, 4) is 5.75 Å². The molecule has 0 bridgehead atoms. The van der Waals surface area contributed by atoms with Crippen molar-refractivity contribution in [2.24, 2.45) is 0 Å². The number of benzene rings is 1. The van der Waals surface area contributed by atoms with Gasteiger partial charge in [0.15, 0.2) is 0 Å². The number of rotatable bonds is 7. The molecule has 3 heterocycles. The van der Waals surface area contributed by atoms with Crippen LogP contribution in [0.3, 0.4) is 0 Å². The molecule has 1 unspecified atom stereocenters. The molecular formula is C21H24N3NaO4S. The maximum atomic E-state index is 12.8. The molecule has 154 valence electrons. The number of ether oxygens (including phenoxy) is 3. The molecular weight excluding hydrogens is 413 g/mol. The van der Waals surface area contributed by atoms with E-state index in [4.69, 9.17) is 14.2 Å². The second-order valence-electron chi connectivity index (χ2n) is 6.97. The minimum Gasteiger partial charge on any atom is -0.488 e. The molecule has 9 heteroatoms. The van der Waals surface area contributed by atoms with Crippen LogP contribution in [0.15, 0.2) is 41.7 Å². The predicted molar refractivity (Wildman–Crippen MR) is 109 cm³/mol. The molecule has 30 heavy (non-hydrogen) atoms. The van der Waals surface area contributed by atoms with Crippen molar-refractivity contribution in [2.75, 3.05) is 19.8 Å². The smallest absolute Gasteiger partial charge is 0.488 e. The largest absolute Gasteiger partial charge is 1.00 e. The average Bonchev–Trinajstić information content (AvgIpc) is 3.19. The van der Waals surface area contributed by atoms with Gasteiger partial charge in [0.25, 0.3) is 0 Å². The zero-order chi connectivity index (χ0) is 20.3. The topological polar surface area (TPSA) is 84.6 Å². The summed E-state index contributed by atoms with van der Waals surface area (Å²) in [6, 6.07) is 9.30. The van der Waals surface area contributed by atoms with Crippen molar-refractivity contribution < 1.29 is 48.0 Å². The second kappa shape index (κ2) is 10.3. The van der Waals surface area contributed by atoms with E-state index in [1.54, 1.807) is 12.3 Å². The monoisotopic (exact) mass is 437 g/mol. The summed E-state index contributed by atoms with van der Waals surface area (Å²) >= 11 is 0. The molecule has 1 saturated heterocycles. The van der Waals surface area contributed by atoms with E-state index in [0.717, 1.165) is 23.0 Å². The van der Waals surface area contributed by atoms with Gasteiger partial charge in [0.05, 0.1) is 35.5 Å². The quantitative estimate of drug-likeness (QED) is 0.486. The predicted octanol–water partition coefficient (Wildman–Crippen LogP) is 0.129. The van der Waals surface area contributed by atoms with Crippen molar-refractivity contribution in [2.45, 2.75) is 43.4 Å². The van der Waals surface area contributed by atoms with Crippen LogP contribution < -0.4 is 39.3 Å². The van der Waals surface area contributed by atoms with Crippen LogP contribution in [0.2, 0.25) is 0 Å². The van der Waals surface area contributed by atoms with Crippen LogP contribution >= 0.6 is 0 Å². The summed E-state index contributed by atoms with van der Waals surface area (Å²) in [6.45, 7) is 5.58. The molecule has 1 aromatic carbocycles. The summed E-state index contributed by atoms with van der Waals surface area (Å²) in [4.78, 5) is 13.1. The number of imidazole rings is 1. The molecule has 1 atom stereocenters. The van der Waals surface area contributed by atoms with Crippen LogP contribution in [0.25, 0.3) is 11.0 Å². The third-order valence-corrected chi connectivity index (χ3v) is 6.17. The molecule has 0 amide bonds. The number of hydrogen-bond donors (Lipinski definition) is 0. The van der Waals surface area contributed by atoms with Crippen molar-refractivity contribution in [1.29, 1.82) is 0 Å². The Labute approximate surface area is 200 Å². The van der Waals surface area contributed by atoms with Gasteiger partial charge in [0.2, 0.25) is 5.79 Å². The van der Waals surface area contributed by atoms with E-state index in [1.165, 1.54) is 0 Å². The number of aromatic nitrogens is 3. The summed E-state index contributed by atoms with van der Waals surface area (Å²) in [5.74, 6) is 0.206. The van der Waals surface area contributed by atoms with Gasteiger partial charge in [-0.3, -0.25) is 9.19 Å². The number of para-hydroxylation sites is 2.